The van der Waals surface area contributed by atoms with Crippen molar-refractivity contribution in [1.29, 1.82) is 0 Å². The first-order valence-corrected chi connectivity index (χ1v) is 7.74. The molecule has 0 N–H and O–H groups in total. The van der Waals surface area contributed by atoms with Gasteiger partial charge in [-0.25, -0.2) is 0 Å². The molecular weight excluding hydrogens is 236 g/mol. The van der Waals surface area contributed by atoms with E-state index in [1.165, 1.54) is 11.8 Å². The predicted molar refractivity (Wildman–Crippen MR) is 69.6 cm³/mol. The summed E-state index contributed by atoms with van der Waals surface area (Å²) in [5, 5.41) is 0.362. The van der Waals surface area contributed by atoms with E-state index < -0.39 is 0 Å². The molecule has 0 radical (unpaired) electrons. The zero-order valence-corrected chi connectivity index (χ0v) is 11.3. The third kappa shape index (κ3) is 7.02. The molecule has 0 aromatic rings. The zero-order chi connectivity index (χ0) is 10.8. The average Bonchev–Trinajstić information content (AvgIpc) is 2.19. The Morgan fingerprint density at radius 1 is 1.21 bits per heavy atom. The van der Waals surface area contributed by atoms with Crippen LogP contribution >= 0.6 is 35.1 Å². The third-order valence-electron chi connectivity index (χ3n) is 2.01. The van der Waals surface area contributed by atoms with E-state index in [-0.39, 0.29) is 5.92 Å². The van der Waals surface area contributed by atoms with Crippen molar-refractivity contribution in [2.45, 2.75) is 26.7 Å². The Labute approximate surface area is 101 Å². The van der Waals surface area contributed by atoms with Crippen LogP contribution in [-0.4, -0.2) is 28.3 Å². The lowest BCUT2D eigenvalue weighted by Gasteiger charge is -2.09. The summed E-state index contributed by atoms with van der Waals surface area (Å²) in [6.45, 7) is 4.16. The molecule has 0 heterocycles. The molecule has 0 fully saturated rings. The highest BCUT2D eigenvalue weighted by Crippen LogP contribution is 2.18. The lowest BCUT2D eigenvalue weighted by molar-refractivity contribution is -0.114. The van der Waals surface area contributed by atoms with Gasteiger partial charge in [0.15, 0.2) is 5.12 Å². The number of hydrogen-bond donors (Lipinski definition) is 0. The molecular formula is C10H19ClOS2. The van der Waals surface area contributed by atoms with Crippen LogP contribution in [-0.2, 0) is 4.79 Å². The molecule has 0 aromatic heterocycles. The highest BCUT2D eigenvalue weighted by molar-refractivity contribution is 8.14. The number of alkyl halides is 1. The van der Waals surface area contributed by atoms with E-state index in [1.54, 1.807) is 0 Å². The summed E-state index contributed by atoms with van der Waals surface area (Å²) in [6, 6.07) is 0. The first kappa shape index (κ1) is 14.7. The first-order valence-electron chi connectivity index (χ1n) is 5.06. The second kappa shape index (κ2) is 10.2. The van der Waals surface area contributed by atoms with Crippen LogP contribution in [0.15, 0.2) is 0 Å². The molecule has 0 aliphatic carbocycles. The van der Waals surface area contributed by atoms with Crippen LogP contribution in [0.5, 0.6) is 0 Å². The van der Waals surface area contributed by atoms with E-state index in [1.807, 2.05) is 11.8 Å². The Bertz CT molecular complexity index is 149. The SMILES string of the molecule is CCC(CC)C(=O)SCCSCCCl. The van der Waals surface area contributed by atoms with Crippen LogP contribution in [0.2, 0.25) is 0 Å². The van der Waals surface area contributed by atoms with Gasteiger partial charge in [0.25, 0.3) is 0 Å². The molecule has 14 heavy (non-hydrogen) atoms. The lowest BCUT2D eigenvalue weighted by Crippen LogP contribution is -2.09. The summed E-state index contributed by atoms with van der Waals surface area (Å²) in [5.41, 5.74) is 0. The van der Waals surface area contributed by atoms with Crippen molar-refractivity contribution >= 4 is 40.2 Å². The molecule has 1 nitrogen and oxygen atoms in total. The van der Waals surface area contributed by atoms with Crippen LogP contribution in [0, 0.1) is 5.92 Å². The van der Waals surface area contributed by atoms with Crippen molar-refractivity contribution in [2.24, 2.45) is 5.92 Å². The number of halogens is 1. The zero-order valence-electron chi connectivity index (χ0n) is 8.92. The Hall–Kier alpha value is 0.660. The van der Waals surface area contributed by atoms with Gasteiger partial charge >= 0.3 is 0 Å². The van der Waals surface area contributed by atoms with Gasteiger partial charge in [-0.3, -0.25) is 4.79 Å². The molecule has 0 saturated heterocycles. The molecule has 0 unspecified atom stereocenters. The molecule has 0 bridgehead atoms. The summed E-state index contributed by atoms with van der Waals surface area (Å²) in [7, 11) is 0. The molecule has 0 aromatic carbocycles. The second-order valence-electron chi connectivity index (χ2n) is 2.98. The second-order valence-corrected chi connectivity index (χ2v) is 5.68. The molecule has 0 aliphatic heterocycles. The van der Waals surface area contributed by atoms with Gasteiger partial charge in [-0.2, -0.15) is 11.8 Å². The van der Waals surface area contributed by atoms with E-state index in [9.17, 15) is 4.79 Å². The van der Waals surface area contributed by atoms with Crippen molar-refractivity contribution in [3.63, 3.8) is 0 Å². The van der Waals surface area contributed by atoms with Gasteiger partial charge in [-0.05, 0) is 12.8 Å². The summed E-state index contributed by atoms with van der Waals surface area (Å²) in [6.07, 6.45) is 1.94. The van der Waals surface area contributed by atoms with Crippen molar-refractivity contribution in [1.82, 2.24) is 0 Å². The topological polar surface area (TPSA) is 17.1 Å². The molecule has 0 amide bonds. The molecule has 0 spiro atoms. The summed E-state index contributed by atoms with van der Waals surface area (Å²) >= 11 is 8.84. The Morgan fingerprint density at radius 2 is 1.86 bits per heavy atom. The maximum absolute atomic E-state index is 11.6. The minimum atomic E-state index is 0.262. The fraction of sp³-hybridized carbons (Fsp3) is 0.900. The standard InChI is InChI=1S/C10H19ClOS2/c1-3-9(4-2)10(12)14-8-7-13-6-5-11/h9H,3-8H2,1-2H3. The maximum Gasteiger partial charge on any atom is 0.192 e. The maximum atomic E-state index is 11.6. The number of rotatable bonds is 8. The highest BCUT2D eigenvalue weighted by Gasteiger charge is 2.13. The van der Waals surface area contributed by atoms with Gasteiger partial charge in [-0.15, -0.1) is 11.6 Å². The van der Waals surface area contributed by atoms with Crippen LogP contribution < -0.4 is 0 Å². The molecule has 84 valence electrons. The number of carbonyl (C=O) groups is 1. The molecule has 0 rings (SSSR count). The van der Waals surface area contributed by atoms with E-state index >= 15 is 0 Å². The van der Waals surface area contributed by atoms with Gasteiger partial charge < -0.3 is 0 Å². The van der Waals surface area contributed by atoms with Gasteiger partial charge in [0, 0.05) is 29.1 Å². The third-order valence-corrected chi connectivity index (χ3v) is 4.70. The fourth-order valence-corrected chi connectivity index (χ4v) is 3.31. The Balaban J connectivity index is 3.43. The highest BCUT2D eigenvalue weighted by atomic mass is 35.5. The minimum Gasteiger partial charge on any atom is -0.287 e. The molecule has 0 atom stereocenters. The molecule has 4 heteroatoms. The van der Waals surface area contributed by atoms with Gasteiger partial charge in [0.05, 0.1) is 0 Å². The summed E-state index contributed by atoms with van der Waals surface area (Å²) < 4.78 is 0. The molecule has 0 saturated carbocycles. The Kier molecular flexibility index (Phi) is 10.7. The van der Waals surface area contributed by atoms with Gasteiger partial charge in [0.1, 0.15) is 0 Å². The number of hydrogen-bond acceptors (Lipinski definition) is 3. The molecule has 0 aliphatic rings. The predicted octanol–water partition coefficient (Wildman–Crippen LogP) is 3.65. The van der Waals surface area contributed by atoms with Crippen LogP contribution in [0.1, 0.15) is 26.7 Å². The van der Waals surface area contributed by atoms with E-state index in [4.69, 9.17) is 11.6 Å². The summed E-state index contributed by atoms with van der Waals surface area (Å²) in [4.78, 5) is 11.6. The van der Waals surface area contributed by atoms with Crippen LogP contribution in [0.4, 0.5) is 0 Å². The smallest absolute Gasteiger partial charge is 0.192 e. The van der Waals surface area contributed by atoms with Crippen LogP contribution in [0.3, 0.4) is 0 Å². The van der Waals surface area contributed by atoms with Crippen molar-refractivity contribution in [3.8, 4) is 0 Å². The number of carbonyl (C=O) groups excluding carboxylic acids is 1. The van der Waals surface area contributed by atoms with E-state index in [2.05, 4.69) is 13.8 Å². The lowest BCUT2D eigenvalue weighted by atomic mass is 10.1. The quantitative estimate of drug-likeness (QED) is 0.486. The normalized spacial score (nSPS) is 10.9. The fourth-order valence-electron chi connectivity index (χ4n) is 1.10. The Morgan fingerprint density at radius 3 is 2.36 bits per heavy atom. The van der Waals surface area contributed by atoms with Crippen molar-refractivity contribution < 1.29 is 4.79 Å². The monoisotopic (exact) mass is 254 g/mol. The van der Waals surface area contributed by atoms with Crippen LogP contribution in [0.25, 0.3) is 0 Å². The van der Waals surface area contributed by atoms with E-state index in [0.29, 0.717) is 11.0 Å². The average molecular weight is 255 g/mol. The first-order chi connectivity index (χ1) is 6.76. The van der Waals surface area contributed by atoms with Gasteiger partial charge in [-0.1, -0.05) is 25.6 Å². The van der Waals surface area contributed by atoms with E-state index in [0.717, 1.165) is 30.1 Å². The van der Waals surface area contributed by atoms with Crippen molar-refractivity contribution in [3.05, 3.63) is 0 Å². The minimum absolute atomic E-state index is 0.262. The van der Waals surface area contributed by atoms with Crippen molar-refractivity contribution in [2.75, 3.05) is 23.1 Å². The summed E-state index contributed by atoms with van der Waals surface area (Å²) in [5.74, 6) is 3.91. The van der Waals surface area contributed by atoms with Gasteiger partial charge in [0.2, 0.25) is 0 Å². The largest absolute Gasteiger partial charge is 0.287 e. The number of thioether (sulfide) groups is 2.